The highest BCUT2D eigenvalue weighted by atomic mass is 32.2. The van der Waals surface area contributed by atoms with Gasteiger partial charge in [-0.2, -0.15) is 13.5 Å². The third-order valence-corrected chi connectivity index (χ3v) is 3.30. The number of fused-ring (bicyclic) bond motifs is 1. The van der Waals surface area contributed by atoms with Crippen molar-refractivity contribution in [3.05, 3.63) is 24.3 Å². The van der Waals surface area contributed by atoms with Crippen LogP contribution in [-0.4, -0.2) is 18.1 Å². The molecule has 0 aromatic heterocycles. The molecular formula is C10H9N3O4S. The van der Waals surface area contributed by atoms with E-state index in [0.717, 1.165) is 6.07 Å². The predicted molar refractivity (Wildman–Crippen MR) is 64.6 cm³/mol. The first-order chi connectivity index (χ1) is 8.32. The Morgan fingerprint density at radius 1 is 1.22 bits per heavy atom. The van der Waals surface area contributed by atoms with Crippen LogP contribution < -0.4 is 5.73 Å². The zero-order valence-corrected chi connectivity index (χ0v) is 9.77. The first-order valence-electron chi connectivity index (χ1n) is 4.74. The SMILES string of the molecule is N=Nc1cc2c(O)cc(S(=O)(=O)O)cc2cc1N. The summed E-state index contributed by atoms with van der Waals surface area (Å²) in [6, 6.07) is 4.83. The highest BCUT2D eigenvalue weighted by Gasteiger charge is 2.14. The van der Waals surface area contributed by atoms with E-state index in [-0.39, 0.29) is 17.1 Å². The first-order valence-corrected chi connectivity index (χ1v) is 6.18. The van der Waals surface area contributed by atoms with Crippen molar-refractivity contribution in [2.24, 2.45) is 5.11 Å². The van der Waals surface area contributed by atoms with Crippen molar-refractivity contribution in [3.63, 3.8) is 0 Å². The van der Waals surface area contributed by atoms with Crippen molar-refractivity contribution < 1.29 is 18.1 Å². The molecule has 0 atom stereocenters. The number of phenolic OH excluding ortho intramolecular Hbond substituents is 1. The lowest BCUT2D eigenvalue weighted by Gasteiger charge is -2.06. The molecule has 0 amide bonds. The minimum Gasteiger partial charge on any atom is -0.507 e. The molecule has 0 saturated heterocycles. The summed E-state index contributed by atoms with van der Waals surface area (Å²) in [7, 11) is -4.41. The van der Waals surface area contributed by atoms with Gasteiger partial charge in [0.1, 0.15) is 11.4 Å². The molecule has 2 rings (SSSR count). The third kappa shape index (κ3) is 1.98. The molecule has 7 nitrogen and oxygen atoms in total. The average molecular weight is 267 g/mol. The minimum absolute atomic E-state index is 0.164. The number of phenols is 1. The standard InChI is InChI=1S/C10H9N3O4S/c11-8-2-5-1-6(18(15,16)17)3-10(14)7(5)4-9(8)13-12/h1-4,12,14H,11H2,(H,15,16,17). The normalized spacial score (nSPS) is 11.6. The van der Waals surface area contributed by atoms with Crippen LogP contribution in [0.15, 0.2) is 34.3 Å². The van der Waals surface area contributed by atoms with Gasteiger partial charge >= 0.3 is 0 Å². The Labute approximate surface area is 102 Å². The lowest BCUT2D eigenvalue weighted by molar-refractivity contribution is 0.471. The number of nitrogens with one attached hydrogen (secondary N) is 1. The second kappa shape index (κ2) is 3.93. The van der Waals surface area contributed by atoms with Crippen LogP contribution in [-0.2, 0) is 10.1 Å². The first kappa shape index (κ1) is 12.3. The van der Waals surface area contributed by atoms with Gasteiger partial charge in [0.15, 0.2) is 0 Å². The number of nitrogen functional groups attached to an aromatic ring is 1. The lowest BCUT2D eigenvalue weighted by Crippen LogP contribution is -1.98. The summed E-state index contributed by atoms with van der Waals surface area (Å²) in [5.41, 5.74) is 12.8. The molecule has 18 heavy (non-hydrogen) atoms. The Kier molecular flexibility index (Phi) is 2.68. The zero-order chi connectivity index (χ0) is 13.5. The maximum absolute atomic E-state index is 11.0. The van der Waals surface area contributed by atoms with Crippen molar-refractivity contribution >= 4 is 32.3 Å². The molecule has 94 valence electrons. The fourth-order valence-corrected chi connectivity index (χ4v) is 2.15. The molecule has 0 saturated carbocycles. The number of hydrogen-bond acceptors (Lipinski definition) is 6. The van der Waals surface area contributed by atoms with Gasteiger partial charge in [-0.3, -0.25) is 4.55 Å². The van der Waals surface area contributed by atoms with Gasteiger partial charge in [0, 0.05) is 11.5 Å². The van der Waals surface area contributed by atoms with Crippen LogP contribution in [0.5, 0.6) is 5.75 Å². The van der Waals surface area contributed by atoms with E-state index in [0.29, 0.717) is 10.8 Å². The molecule has 0 heterocycles. The van der Waals surface area contributed by atoms with Gasteiger partial charge in [-0.25, -0.2) is 5.53 Å². The van der Waals surface area contributed by atoms with E-state index in [1.54, 1.807) is 0 Å². The fraction of sp³-hybridized carbons (Fsp3) is 0. The van der Waals surface area contributed by atoms with Crippen molar-refractivity contribution in [1.29, 1.82) is 5.53 Å². The van der Waals surface area contributed by atoms with Crippen LogP contribution in [0.25, 0.3) is 10.8 Å². The molecular weight excluding hydrogens is 258 g/mol. The molecule has 0 bridgehead atoms. The summed E-state index contributed by atoms with van der Waals surface area (Å²) < 4.78 is 30.9. The number of aromatic hydroxyl groups is 1. The maximum Gasteiger partial charge on any atom is 0.294 e. The molecule has 0 fully saturated rings. The Morgan fingerprint density at radius 2 is 1.89 bits per heavy atom. The van der Waals surface area contributed by atoms with Crippen LogP contribution in [0.1, 0.15) is 0 Å². The van der Waals surface area contributed by atoms with Crippen molar-refractivity contribution in [3.8, 4) is 5.75 Å². The van der Waals surface area contributed by atoms with Gasteiger partial charge in [0.05, 0.1) is 10.6 Å². The number of benzene rings is 2. The quantitative estimate of drug-likeness (QED) is 0.375. The van der Waals surface area contributed by atoms with E-state index >= 15 is 0 Å². The number of nitrogens with zero attached hydrogens (tertiary/aromatic N) is 1. The summed E-state index contributed by atoms with van der Waals surface area (Å²) in [4.78, 5) is -0.428. The summed E-state index contributed by atoms with van der Waals surface area (Å²) in [6.45, 7) is 0. The van der Waals surface area contributed by atoms with Gasteiger partial charge < -0.3 is 10.8 Å². The van der Waals surface area contributed by atoms with E-state index in [1.807, 2.05) is 0 Å². The predicted octanol–water partition coefficient (Wildman–Crippen LogP) is 2.04. The van der Waals surface area contributed by atoms with E-state index in [1.165, 1.54) is 18.2 Å². The average Bonchev–Trinajstić information content (AvgIpc) is 2.26. The number of hydrogen-bond donors (Lipinski definition) is 4. The molecule has 0 spiro atoms. The fourth-order valence-electron chi connectivity index (χ4n) is 1.62. The Morgan fingerprint density at radius 3 is 2.44 bits per heavy atom. The summed E-state index contributed by atoms with van der Waals surface area (Å²) in [5, 5.41) is 13.5. The van der Waals surface area contributed by atoms with E-state index < -0.39 is 15.0 Å². The lowest BCUT2D eigenvalue weighted by atomic mass is 10.1. The number of nitrogens with two attached hydrogens (primary N) is 1. The zero-order valence-electron chi connectivity index (χ0n) is 8.95. The Balaban J connectivity index is 2.87. The van der Waals surface area contributed by atoms with E-state index in [4.69, 9.17) is 15.8 Å². The highest BCUT2D eigenvalue weighted by molar-refractivity contribution is 7.85. The van der Waals surface area contributed by atoms with Crippen LogP contribution in [0.3, 0.4) is 0 Å². The highest BCUT2D eigenvalue weighted by Crippen LogP contribution is 2.35. The maximum atomic E-state index is 11.0. The van der Waals surface area contributed by atoms with Crippen molar-refractivity contribution in [2.45, 2.75) is 4.90 Å². The summed E-state index contributed by atoms with van der Waals surface area (Å²) in [5.74, 6) is -0.343. The van der Waals surface area contributed by atoms with E-state index in [9.17, 15) is 13.5 Å². The molecule has 0 aliphatic rings. The van der Waals surface area contributed by atoms with Gasteiger partial charge in [-0.05, 0) is 23.6 Å². The van der Waals surface area contributed by atoms with Gasteiger partial charge in [-0.1, -0.05) is 0 Å². The van der Waals surface area contributed by atoms with Crippen molar-refractivity contribution in [2.75, 3.05) is 5.73 Å². The smallest absolute Gasteiger partial charge is 0.294 e. The van der Waals surface area contributed by atoms with E-state index in [2.05, 4.69) is 5.11 Å². The summed E-state index contributed by atoms with van der Waals surface area (Å²) >= 11 is 0. The van der Waals surface area contributed by atoms with Crippen LogP contribution in [0.2, 0.25) is 0 Å². The van der Waals surface area contributed by atoms with Gasteiger partial charge in [0.2, 0.25) is 0 Å². The minimum atomic E-state index is -4.41. The van der Waals surface area contributed by atoms with Gasteiger partial charge in [0.25, 0.3) is 10.1 Å². The number of rotatable bonds is 2. The second-order valence-corrected chi connectivity index (χ2v) is 5.08. The monoisotopic (exact) mass is 267 g/mol. The van der Waals surface area contributed by atoms with Crippen LogP contribution >= 0.6 is 0 Å². The molecule has 0 radical (unpaired) electrons. The topological polar surface area (TPSA) is 137 Å². The molecule has 2 aromatic rings. The molecule has 8 heteroatoms. The molecule has 0 aliphatic carbocycles. The molecule has 0 unspecified atom stereocenters. The van der Waals surface area contributed by atoms with Crippen LogP contribution in [0, 0.1) is 5.53 Å². The molecule has 5 N–H and O–H groups in total. The third-order valence-electron chi connectivity index (χ3n) is 2.47. The second-order valence-electron chi connectivity index (χ2n) is 3.66. The Hall–Kier alpha value is -2.19. The number of anilines is 1. The molecule has 0 aliphatic heterocycles. The van der Waals surface area contributed by atoms with Crippen LogP contribution in [0.4, 0.5) is 11.4 Å². The van der Waals surface area contributed by atoms with Crippen molar-refractivity contribution in [1.82, 2.24) is 0 Å². The largest absolute Gasteiger partial charge is 0.507 e. The van der Waals surface area contributed by atoms with Gasteiger partial charge in [-0.15, -0.1) is 0 Å². The Bertz CT molecular complexity index is 755. The summed E-state index contributed by atoms with van der Waals surface area (Å²) in [6.07, 6.45) is 0. The molecule has 2 aromatic carbocycles.